The third-order valence-corrected chi connectivity index (χ3v) is 8.70. The van der Waals surface area contributed by atoms with Crippen LogP contribution in [0.5, 0.6) is 0 Å². The maximum atomic E-state index is 4.89. The summed E-state index contributed by atoms with van der Waals surface area (Å²) in [4.78, 5) is 9.05. The molecule has 0 saturated heterocycles. The zero-order valence-corrected chi connectivity index (χ0v) is 23.3. The first-order valence-electron chi connectivity index (χ1n) is 14.6. The van der Waals surface area contributed by atoms with E-state index in [2.05, 4.69) is 137 Å². The average molecular weight is 548 g/mol. The lowest BCUT2D eigenvalue weighted by atomic mass is 9.97. The molecular weight excluding hydrogens is 522 g/mol. The number of fused-ring (bicyclic) bond motifs is 7. The van der Waals surface area contributed by atoms with E-state index in [4.69, 9.17) is 4.98 Å². The molecule has 0 bridgehead atoms. The molecule has 3 heteroatoms. The zero-order valence-electron chi connectivity index (χ0n) is 23.3. The van der Waals surface area contributed by atoms with Gasteiger partial charge < -0.3 is 4.57 Å². The lowest BCUT2D eigenvalue weighted by Crippen LogP contribution is -1.95. The second kappa shape index (κ2) is 9.37. The molecule has 0 aliphatic heterocycles. The Hall–Kier alpha value is -5.80. The van der Waals surface area contributed by atoms with Crippen molar-refractivity contribution in [2.24, 2.45) is 0 Å². The third-order valence-electron chi connectivity index (χ3n) is 8.70. The van der Waals surface area contributed by atoms with Gasteiger partial charge >= 0.3 is 0 Å². The fourth-order valence-electron chi connectivity index (χ4n) is 6.64. The van der Waals surface area contributed by atoms with E-state index in [1.54, 1.807) is 0 Å². The first-order valence-corrected chi connectivity index (χ1v) is 14.6. The van der Waals surface area contributed by atoms with Gasteiger partial charge in [-0.2, -0.15) is 0 Å². The molecule has 0 unspecified atom stereocenters. The minimum atomic E-state index is 1.03. The van der Waals surface area contributed by atoms with E-state index in [-0.39, 0.29) is 0 Å². The van der Waals surface area contributed by atoms with E-state index in [9.17, 15) is 0 Å². The van der Waals surface area contributed by atoms with E-state index in [1.165, 1.54) is 65.8 Å². The Morgan fingerprint density at radius 3 is 1.95 bits per heavy atom. The summed E-state index contributed by atoms with van der Waals surface area (Å²) < 4.78 is 2.41. The molecule has 0 aliphatic rings. The summed E-state index contributed by atoms with van der Waals surface area (Å²) in [6.07, 6.45) is 5.58. The van der Waals surface area contributed by atoms with Crippen molar-refractivity contribution in [3.05, 3.63) is 152 Å². The maximum absolute atomic E-state index is 4.89. The monoisotopic (exact) mass is 547 g/mol. The van der Waals surface area contributed by atoms with Crippen molar-refractivity contribution in [1.82, 2.24) is 14.5 Å². The second-order valence-electron chi connectivity index (χ2n) is 11.1. The molecule has 0 fully saturated rings. The van der Waals surface area contributed by atoms with Gasteiger partial charge in [0, 0.05) is 40.1 Å². The molecular formula is C40H25N3. The van der Waals surface area contributed by atoms with E-state index < -0.39 is 0 Å². The molecule has 0 atom stereocenters. The van der Waals surface area contributed by atoms with Crippen LogP contribution in [0.4, 0.5) is 0 Å². The Morgan fingerprint density at radius 2 is 1.09 bits per heavy atom. The molecule has 0 spiro atoms. The molecule has 0 amide bonds. The Bertz CT molecular complexity index is 2500. The van der Waals surface area contributed by atoms with Crippen molar-refractivity contribution >= 4 is 54.3 Å². The number of benzene rings is 6. The molecule has 6 aromatic carbocycles. The first kappa shape index (κ1) is 23.9. The van der Waals surface area contributed by atoms with E-state index in [0.717, 1.165) is 16.4 Å². The highest BCUT2D eigenvalue weighted by Gasteiger charge is 2.18. The van der Waals surface area contributed by atoms with Gasteiger partial charge in [0.05, 0.1) is 22.2 Å². The van der Waals surface area contributed by atoms with Crippen LogP contribution in [0, 0.1) is 0 Å². The molecule has 0 saturated carbocycles. The van der Waals surface area contributed by atoms with Crippen molar-refractivity contribution in [2.75, 3.05) is 0 Å². The smallest absolute Gasteiger partial charge is 0.0802 e. The van der Waals surface area contributed by atoms with Crippen LogP contribution in [0.1, 0.15) is 0 Å². The molecule has 0 aliphatic carbocycles. The molecule has 9 rings (SSSR count). The molecule has 0 N–H and O–H groups in total. The van der Waals surface area contributed by atoms with Gasteiger partial charge in [-0.3, -0.25) is 9.97 Å². The van der Waals surface area contributed by atoms with Crippen LogP contribution in [0.2, 0.25) is 0 Å². The summed E-state index contributed by atoms with van der Waals surface area (Å²) in [5.74, 6) is 0. The van der Waals surface area contributed by atoms with Gasteiger partial charge in [-0.05, 0) is 93.0 Å². The van der Waals surface area contributed by atoms with Crippen LogP contribution >= 0.6 is 0 Å². The fraction of sp³-hybridized carbons (Fsp3) is 0. The summed E-state index contributed by atoms with van der Waals surface area (Å²) in [5.41, 5.74) is 9.32. The van der Waals surface area contributed by atoms with E-state index in [0.29, 0.717) is 0 Å². The number of hydrogen-bond acceptors (Lipinski definition) is 2. The minimum absolute atomic E-state index is 1.03. The van der Waals surface area contributed by atoms with Crippen LogP contribution in [-0.2, 0) is 0 Å². The number of aromatic nitrogens is 3. The van der Waals surface area contributed by atoms with Crippen molar-refractivity contribution in [2.45, 2.75) is 0 Å². The largest absolute Gasteiger partial charge is 0.309 e. The molecule has 9 aromatic rings. The van der Waals surface area contributed by atoms with Gasteiger partial charge in [0.25, 0.3) is 0 Å². The van der Waals surface area contributed by atoms with Gasteiger partial charge in [0.15, 0.2) is 0 Å². The highest BCUT2D eigenvalue weighted by Crippen LogP contribution is 2.40. The summed E-state index contributed by atoms with van der Waals surface area (Å²) in [5, 5.41) is 8.45. The molecule has 0 radical (unpaired) electrons. The van der Waals surface area contributed by atoms with Gasteiger partial charge in [-0.25, -0.2) is 0 Å². The van der Waals surface area contributed by atoms with Gasteiger partial charge in [0.1, 0.15) is 0 Å². The van der Waals surface area contributed by atoms with Gasteiger partial charge in [-0.15, -0.1) is 0 Å². The summed E-state index contributed by atoms with van der Waals surface area (Å²) >= 11 is 0. The highest BCUT2D eigenvalue weighted by molar-refractivity contribution is 6.21. The lowest BCUT2D eigenvalue weighted by molar-refractivity contribution is 1.20. The average Bonchev–Trinajstić information content (AvgIpc) is 3.42. The fourth-order valence-corrected chi connectivity index (χ4v) is 6.64. The standard InChI is InChI=1S/C40H25N3/c1-2-8-34-27(5-1)6-3-9-36(34)43-37-16-15-33(25-35(37)39-38(43)17-14-28-7-4-20-42-40(28)39)32-13-12-30-23-29(10-11-31(30)24-32)26-18-21-41-22-19-26/h1-25H. The SMILES string of the molecule is c1ccc2c(-n3c4ccc(-c5ccc6cc(-c7ccncc7)ccc6c5)cc4c4c5ncccc5ccc43)cccc2c1. The molecule has 3 heterocycles. The topological polar surface area (TPSA) is 30.7 Å². The van der Waals surface area contributed by atoms with Crippen LogP contribution < -0.4 is 0 Å². The molecule has 3 nitrogen and oxygen atoms in total. The normalized spacial score (nSPS) is 11.7. The Labute approximate surface area is 248 Å². The third kappa shape index (κ3) is 3.75. The lowest BCUT2D eigenvalue weighted by Gasteiger charge is -2.12. The predicted molar refractivity (Wildman–Crippen MR) is 180 cm³/mol. The number of rotatable bonds is 3. The van der Waals surface area contributed by atoms with Crippen LogP contribution in [0.15, 0.2) is 152 Å². The second-order valence-corrected chi connectivity index (χ2v) is 11.1. The number of nitrogens with zero attached hydrogens (tertiary/aromatic N) is 3. The van der Waals surface area contributed by atoms with Crippen molar-refractivity contribution in [3.8, 4) is 27.9 Å². The summed E-state index contributed by atoms with van der Waals surface area (Å²) in [6.45, 7) is 0. The Morgan fingerprint density at radius 1 is 0.419 bits per heavy atom. The summed E-state index contributed by atoms with van der Waals surface area (Å²) in [7, 11) is 0. The maximum Gasteiger partial charge on any atom is 0.0802 e. The quantitative estimate of drug-likeness (QED) is 0.220. The Kier molecular flexibility index (Phi) is 5.20. The van der Waals surface area contributed by atoms with E-state index in [1.807, 2.05) is 24.7 Å². The van der Waals surface area contributed by atoms with Crippen molar-refractivity contribution < 1.29 is 0 Å². The van der Waals surface area contributed by atoms with Crippen molar-refractivity contribution in [1.29, 1.82) is 0 Å². The zero-order chi connectivity index (χ0) is 28.3. The molecule has 200 valence electrons. The van der Waals surface area contributed by atoms with Crippen LogP contribution in [-0.4, -0.2) is 14.5 Å². The van der Waals surface area contributed by atoms with Crippen LogP contribution in [0.3, 0.4) is 0 Å². The number of pyridine rings is 2. The minimum Gasteiger partial charge on any atom is -0.309 e. The van der Waals surface area contributed by atoms with Crippen LogP contribution in [0.25, 0.3) is 82.2 Å². The van der Waals surface area contributed by atoms with E-state index >= 15 is 0 Å². The Balaban J connectivity index is 1.28. The molecule has 3 aromatic heterocycles. The highest BCUT2D eigenvalue weighted by atomic mass is 15.0. The first-order chi connectivity index (χ1) is 21.3. The number of hydrogen-bond donors (Lipinski definition) is 0. The van der Waals surface area contributed by atoms with Gasteiger partial charge in [0.2, 0.25) is 0 Å². The molecule has 43 heavy (non-hydrogen) atoms. The van der Waals surface area contributed by atoms with Crippen molar-refractivity contribution in [3.63, 3.8) is 0 Å². The predicted octanol–water partition coefficient (Wildman–Crippen LogP) is 10.4. The van der Waals surface area contributed by atoms with Gasteiger partial charge in [-0.1, -0.05) is 78.9 Å². The summed E-state index contributed by atoms with van der Waals surface area (Å²) in [6, 6.07) is 48.2.